The number of aromatic nitrogens is 2. The minimum absolute atomic E-state index is 0.189. The van der Waals surface area contributed by atoms with E-state index in [2.05, 4.69) is 10.3 Å². The van der Waals surface area contributed by atoms with Gasteiger partial charge in [-0.05, 0) is 49.3 Å². The number of carbonyl (C=O) groups excluding carboxylic acids is 1. The van der Waals surface area contributed by atoms with Gasteiger partial charge in [-0.25, -0.2) is 9.78 Å². The zero-order valence-electron chi connectivity index (χ0n) is 18.0. The zero-order valence-corrected chi connectivity index (χ0v) is 19.5. The third-order valence-corrected chi connectivity index (χ3v) is 6.04. The van der Waals surface area contributed by atoms with E-state index in [9.17, 15) is 14.4 Å². The molecule has 0 unspecified atom stereocenters. The molecule has 1 aliphatic heterocycles. The Bertz CT molecular complexity index is 1440. The van der Waals surface area contributed by atoms with Crippen molar-refractivity contribution in [3.8, 4) is 5.75 Å². The number of hydrogen-bond donors (Lipinski definition) is 2. The summed E-state index contributed by atoms with van der Waals surface area (Å²) in [5.41, 5.74) is 2.25. The number of nitrogens with one attached hydrogen (secondary N) is 1. The maximum absolute atomic E-state index is 13.1. The minimum atomic E-state index is -1.52. The van der Waals surface area contributed by atoms with Crippen molar-refractivity contribution in [3.05, 3.63) is 74.3 Å². The summed E-state index contributed by atoms with van der Waals surface area (Å²) in [4.78, 5) is 40.9. The molecule has 174 valence electrons. The van der Waals surface area contributed by atoms with Gasteiger partial charge >= 0.3 is 5.97 Å². The second kappa shape index (κ2) is 9.70. The van der Waals surface area contributed by atoms with Crippen LogP contribution in [0.2, 0.25) is 0 Å². The number of benzene rings is 2. The number of anilines is 1. The van der Waals surface area contributed by atoms with Gasteiger partial charge in [0, 0.05) is 17.8 Å². The SMILES string of the molecule is CCOc1ccccc1C=C1CCn2c1nc1cc(NC(=O)C(Cl)=C(Cl)C(=O)O)ccc1c2=O. The molecular formula is C24H19Cl2N3O5. The van der Waals surface area contributed by atoms with Gasteiger partial charge in [-0.2, -0.15) is 0 Å². The first-order valence-corrected chi connectivity index (χ1v) is 11.1. The number of para-hydroxylation sites is 1. The smallest absolute Gasteiger partial charge is 0.349 e. The average molecular weight is 500 g/mol. The Kier molecular flexibility index (Phi) is 6.72. The van der Waals surface area contributed by atoms with Crippen molar-refractivity contribution in [1.29, 1.82) is 0 Å². The van der Waals surface area contributed by atoms with E-state index in [4.69, 9.17) is 33.0 Å². The summed E-state index contributed by atoms with van der Waals surface area (Å²) >= 11 is 11.3. The molecule has 0 fully saturated rings. The summed E-state index contributed by atoms with van der Waals surface area (Å²) in [5.74, 6) is -1.12. The molecule has 8 nitrogen and oxygen atoms in total. The first-order chi connectivity index (χ1) is 16.3. The number of carboxylic acids is 1. The number of nitrogens with zero attached hydrogens (tertiary/aromatic N) is 2. The van der Waals surface area contributed by atoms with Crippen LogP contribution in [-0.2, 0) is 16.1 Å². The molecule has 0 atom stereocenters. The first-order valence-electron chi connectivity index (χ1n) is 10.4. The molecule has 3 aromatic rings. The van der Waals surface area contributed by atoms with Gasteiger partial charge in [0.05, 0.1) is 17.5 Å². The Morgan fingerprint density at radius 3 is 2.71 bits per heavy atom. The van der Waals surface area contributed by atoms with Crippen LogP contribution in [0.25, 0.3) is 22.6 Å². The van der Waals surface area contributed by atoms with Gasteiger partial charge in [0.25, 0.3) is 11.5 Å². The second-order valence-electron chi connectivity index (χ2n) is 7.40. The predicted molar refractivity (Wildman–Crippen MR) is 131 cm³/mol. The average Bonchev–Trinajstić information content (AvgIpc) is 3.22. The van der Waals surface area contributed by atoms with E-state index in [1.165, 1.54) is 12.1 Å². The molecule has 1 aliphatic rings. The maximum Gasteiger partial charge on any atom is 0.349 e. The predicted octanol–water partition coefficient (Wildman–Crippen LogP) is 4.45. The third-order valence-electron chi connectivity index (χ3n) is 5.23. The lowest BCUT2D eigenvalue weighted by molar-refractivity contribution is -0.132. The van der Waals surface area contributed by atoms with Crippen molar-refractivity contribution < 1.29 is 19.4 Å². The van der Waals surface area contributed by atoms with Gasteiger partial charge in [0.2, 0.25) is 0 Å². The summed E-state index contributed by atoms with van der Waals surface area (Å²) in [6.07, 6.45) is 2.60. The molecule has 1 amide bonds. The summed E-state index contributed by atoms with van der Waals surface area (Å²) < 4.78 is 7.33. The highest BCUT2D eigenvalue weighted by Crippen LogP contribution is 2.31. The van der Waals surface area contributed by atoms with E-state index in [-0.39, 0.29) is 11.2 Å². The van der Waals surface area contributed by atoms with Gasteiger partial charge in [-0.15, -0.1) is 0 Å². The number of carbonyl (C=O) groups is 2. The first kappa shape index (κ1) is 23.5. The van der Waals surface area contributed by atoms with Crippen LogP contribution in [0.4, 0.5) is 5.69 Å². The van der Waals surface area contributed by atoms with Crippen molar-refractivity contribution in [2.75, 3.05) is 11.9 Å². The largest absolute Gasteiger partial charge is 0.493 e. The number of ether oxygens (including phenoxy) is 1. The zero-order chi connectivity index (χ0) is 24.4. The van der Waals surface area contributed by atoms with Crippen LogP contribution in [0.1, 0.15) is 24.7 Å². The minimum Gasteiger partial charge on any atom is -0.493 e. The number of allylic oxidation sites excluding steroid dienone is 1. The lowest BCUT2D eigenvalue weighted by Gasteiger charge is -2.10. The van der Waals surface area contributed by atoms with Crippen LogP contribution in [0, 0.1) is 0 Å². The summed E-state index contributed by atoms with van der Waals surface area (Å²) in [7, 11) is 0. The lowest BCUT2D eigenvalue weighted by atomic mass is 10.1. The van der Waals surface area contributed by atoms with Crippen molar-refractivity contribution in [1.82, 2.24) is 9.55 Å². The fraction of sp³-hybridized carbons (Fsp3) is 0.167. The third kappa shape index (κ3) is 4.55. The summed E-state index contributed by atoms with van der Waals surface area (Å²) in [6, 6.07) is 12.2. The molecule has 2 aromatic carbocycles. The van der Waals surface area contributed by atoms with Gasteiger partial charge in [-0.1, -0.05) is 41.4 Å². The lowest BCUT2D eigenvalue weighted by Crippen LogP contribution is -2.21. The molecule has 4 rings (SSSR count). The Labute approximate surface area is 204 Å². The van der Waals surface area contributed by atoms with Crippen LogP contribution in [-0.4, -0.2) is 33.1 Å². The van der Waals surface area contributed by atoms with E-state index in [0.29, 0.717) is 36.3 Å². The van der Waals surface area contributed by atoms with E-state index in [0.717, 1.165) is 16.9 Å². The van der Waals surface area contributed by atoms with E-state index < -0.39 is 21.9 Å². The molecule has 1 aromatic heterocycles. The number of fused-ring (bicyclic) bond motifs is 2. The second-order valence-corrected chi connectivity index (χ2v) is 8.16. The molecular weight excluding hydrogens is 481 g/mol. The number of carboxylic acid groups (broad SMARTS) is 1. The quantitative estimate of drug-likeness (QED) is 0.484. The van der Waals surface area contributed by atoms with E-state index >= 15 is 0 Å². The Balaban J connectivity index is 1.73. The van der Waals surface area contributed by atoms with Crippen LogP contribution >= 0.6 is 23.2 Å². The van der Waals surface area contributed by atoms with Gasteiger partial charge in [-0.3, -0.25) is 14.2 Å². The number of halogens is 2. The van der Waals surface area contributed by atoms with Crippen LogP contribution in [0.3, 0.4) is 0 Å². The van der Waals surface area contributed by atoms with Crippen LogP contribution in [0.15, 0.2) is 57.3 Å². The summed E-state index contributed by atoms with van der Waals surface area (Å²) in [6.45, 7) is 2.95. The van der Waals surface area contributed by atoms with Crippen molar-refractivity contribution in [3.63, 3.8) is 0 Å². The van der Waals surface area contributed by atoms with Crippen molar-refractivity contribution >= 4 is 63.3 Å². The highest BCUT2D eigenvalue weighted by atomic mass is 35.5. The Morgan fingerprint density at radius 2 is 1.97 bits per heavy atom. The molecule has 0 bridgehead atoms. The number of rotatable bonds is 6. The maximum atomic E-state index is 13.1. The van der Waals surface area contributed by atoms with Gasteiger partial charge < -0.3 is 15.2 Å². The standard InChI is InChI=1S/C24H19Cl2N3O5/c1-2-34-18-6-4-3-5-13(18)11-14-9-10-29-21(14)28-17-12-15(7-8-16(17)23(29)31)27-22(30)19(25)20(26)24(32)33/h3-8,11-12H,2,9-10H2,1H3,(H,27,30)(H,32,33). The fourth-order valence-corrected chi connectivity index (χ4v) is 3.90. The monoisotopic (exact) mass is 499 g/mol. The molecule has 10 heteroatoms. The van der Waals surface area contributed by atoms with Crippen molar-refractivity contribution in [2.24, 2.45) is 0 Å². The number of aliphatic carboxylic acids is 1. The van der Waals surface area contributed by atoms with E-state index in [1.54, 1.807) is 10.6 Å². The molecule has 0 aliphatic carbocycles. The van der Waals surface area contributed by atoms with Crippen LogP contribution < -0.4 is 15.6 Å². The molecule has 2 heterocycles. The number of hydrogen-bond acceptors (Lipinski definition) is 5. The number of amides is 1. The van der Waals surface area contributed by atoms with Crippen LogP contribution in [0.5, 0.6) is 5.75 Å². The van der Waals surface area contributed by atoms with Gasteiger partial charge in [0.1, 0.15) is 21.6 Å². The molecule has 34 heavy (non-hydrogen) atoms. The molecule has 0 saturated carbocycles. The molecule has 0 saturated heterocycles. The molecule has 0 radical (unpaired) electrons. The normalized spacial score (nSPS) is 14.6. The molecule has 2 N–H and O–H groups in total. The summed E-state index contributed by atoms with van der Waals surface area (Å²) in [5, 5.41) is 10.3. The topological polar surface area (TPSA) is 111 Å². The van der Waals surface area contributed by atoms with Gasteiger partial charge in [0.15, 0.2) is 0 Å². The van der Waals surface area contributed by atoms with Crippen molar-refractivity contribution in [2.45, 2.75) is 19.9 Å². The highest BCUT2D eigenvalue weighted by molar-refractivity contribution is 6.54. The van der Waals surface area contributed by atoms with E-state index in [1.807, 2.05) is 37.3 Å². The molecule has 0 spiro atoms. The Morgan fingerprint density at radius 1 is 1.21 bits per heavy atom. The fourth-order valence-electron chi connectivity index (χ4n) is 3.69. The Hall–Kier alpha value is -3.62. The highest BCUT2D eigenvalue weighted by Gasteiger charge is 2.22.